The minimum absolute atomic E-state index is 0.0907. The second kappa shape index (κ2) is 5.82. The molecule has 0 saturated heterocycles. The lowest BCUT2D eigenvalue weighted by Gasteiger charge is -2.24. The molecule has 0 aliphatic heterocycles. The highest BCUT2D eigenvalue weighted by Crippen LogP contribution is 2.29. The molecule has 1 saturated carbocycles. The van der Waals surface area contributed by atoms with E-state index in [2.05, 4.69) is 15.5 Å². The molecule has 3 rings (SSSR count). The molecule has 1 fully saturated rings. The minimum Gasteiger partial charge on any atom is -0.464 e. The molecule has 1 aliphatic rings. The van der Waals surface area contributed by atoms with Gasteiger partial charge in [-0.1, -0.05) is 0 Å². The van der Waals surface area contributed by atoms with Crippen molar-refractivity contribution in [3.8, 4) is 0 Å². The Morgan fingerprint density at radius 3 is 2.86 bits per heavy atom. The Bertz CT molecular complexity index is 658. The van der Waals surface area contributed by atoms with Gasteiger partial charge in [0.25, 0.3) is 0 Å². The molecule has 2 amide bonds. The molecule has 118 valence electrons. The van der Waals surface area contributed by atoms with Crippen LogP contribution >= 0.6 is 0 Å². The number of hydrogen-bond donors (Lipinski definition) is 1. The zero-order chi connectivity index (χ0) is 15.7. The van der Waals surface area contributed by atoms with Crippen molar-refractivity contribution in [2.45, 2.75) is 45.3 Å². The van der Waals surface area contributed by atoms with Crippen LogP contribution < -0.4 is 5.32 Å². The van der Waals surface area contributed by atoms with Crippen molar-refractivity contribution in [2.24, 2.45) is 7.05 Å². The van der Waals surface area contributed by atoms with Gasteiger partial charge in [0.05, 0.1) is 12.6 Å². The zero-order valence-corrected chi connectivity index (χ0v) is 13.1. The van der Waals surface area contributed by atoms with Gasteiger partial charge in [0, 0.05) is 13.1 Å². The predicted molar refractivity (Wildman–Crippen MR) is 80.0 cm³/mol. The molecule has 7 heteroatoms. The number of urea groups is 1. The Labute approximate surface area is 129 Å². The largest absolute Gasteiger partial charge is 0.464 e. The van der Waals surface area contributed by atoms with E-state index < -0.39 is 0 Å². The Hall–Kier alpha value is -2.31. The molecular formula is C15H21N5O2. The van der Waals surface area contributed by atoms with Crippen molar-refractivity contribution in [1.29, 1.82) is 0 Å². The van der Waals surface area contributed by atoms with Crippen LogP contribution in [-0.4, -0.2) is 31.7 Å². The van der Waals surface area contributed by atoms with E-state index in [1.54, 1.807) is 6.33 Å². The van der Waals surface area contributed by atoms with E-state index in [0.29, 0.717) is 12.6 Å². The first kappa shape index (κ1) is 14.6. The van der Waals surface area contributed by atoms with Gasteiger partial charge >= 0.3 is 6.03 Å². The number of furan rings is 1. The second-order valence-corrected chi connectivity index (χ2v) is 5.84. The molecule has 0 bridgehead atoms. The summed E-state index contributed by atoms with van der Waals surface area (Å²) in [5.74, 6) is 2.41. The van der Waals surface area contributed by atoms with Crippen molar-refractivity contribution in [3.63, 3.8) is 0 Å². The monoisotopic (exact) mass is 303 g/mol. The number of aryl methyl sites for hydroxylation is 2. The average molecular weight is 303 g/mol. The van der Waals surface area contributed by atoms with Crippen LogP contribution in [0.2, 0.25) is 0 Å². The van der Waals surface area contributed by atoms with Gasteiger partial charge in [-0.25, -0.2) is 4.79 Å². The third-order valence-electron chi connectivity index (χ3n) is 3.84. The predicted octanol–water partition coefficient (Wildman–Crippen LogP) is 2.15. The number of rotatable bonds is 5. The smallest absolute Gasteiger partial charge is 0.318 e. The van der Waals surface area contributed by atoms with Crippen LogP contribution in [-0.2, 0) is 13.6 Å². The summed E-state index contributed by atoms with van der Waals surface area (Å²) in [6.45, 7) is 4.31. The van der Waals surface area contributed by atoms with Gasteiger partial charge < -0.3 is 19.2 Å². The van der Waals surface area contributed by atoms with Gasteiger partial charge in [-0.3, -0.25) is 0 Å². The van der Waals surface area contributed by atoms with E-state index in [4.69, 9.17) is 4.42 Å². The fourth-order valence-electron chi connectivity index (χ4n) is 2.51. The van der Waals surface area contributed by atoms with Gasteiger partial charge in [-0.15, -0.1) is 10.2 Å². The Morgan fingerprint density at radius 2 is 2.32 bits per heavy atom. The molecule has 0 spiro atoms. The number of aromatic nitrogens is 3. The molecule has 2 aromatic rings. The summed E-state index contributed by atoms with van der Waals surface area (Å²) in [5, 5.41) is 10.9. The van der Waals surface area contributed by atoms with Gasteiger partial charge in [0.2, 0.25) is 0 Å². The summed E-state index contributed by atoms with van der Waals surface area (Å²) < 4.78 is 7.40. The molecule has 2 aromatic heterocycles. The van der Waals surface area contributed by atoms with Gasteiger partial charge in [-0.05, 0) is 38.8 Å². The number of amides is 2. The average Bonchev–Trinajstić information content (AvgIpc) is 3.09. The highest BCUT2D eigenvalue weighted by atomic mass is 16.3. The van der Waals surface area contributed by atoms with Crippen molar-refractivity contribution in [3.05, 3.63) is 35.8 Å². The minimum atomic E-state index is -0.195. The molecule has 0 aromatic carbocycles. The number of nitrogens with zero attached hydrogens (tertiary/aromatic N) is 4. The van der Waals surface area contributed by atoms with Crippen LogP contribution in [0.25, 0.3) is 0 Å². The molecule has 2 heterocycles. The summed E-state index contributed by atoms with van der Waals surface area (Å²) >= 11 is 0. The molecular weight excluding hydrogens is 282 g/mol. The zero-order valence-electron chi connectivity index (χ0n) is 13.1. The summed E-state index contributed by atoms with van der Waals surface area (Å²) in [6.07, 6.45) is 3.72. The van der Waals surface area contributed by atoms with Crippen LogP contribution in [0, 0.1) is 6.92 Å². The number of carbonyl (C=O) groups is 1. The van der Waals surface area contributed by atoms with E-state index in [-0.39, 0.29) is 12.1 Å². The lowest BCUT2D eigenvalue weighted by atomic mass is 10.3. The van der Waals surface area contributed by atoms with Crippen LogP contribution in [0.5, 0.6) is 0 Å². The molecule has 1 aliphatic carbocycles. The topological polar surface area (TPSA) is 76.2 Å². The highest BCUT2D eigenvalue weighted by Gasteiger charge is 2.34. The van der Waals surface area contributed by atoms with E-state index >= 15 is 0 Å². The third-order valence-corrected chi connectivity index (χ3v) is 3.84. The van der Waals surface area contributed by atoms with Gasteiger partial charge in [-0.2, -0.15) is 0 Å². The standard InChI is InChI=1S/C15H21N5O2/c1-10-4-7-13(22-10)8-20(12-5-6-12)15(21)17-11(2)14-18-16-9-19(14)3/h4,7,9,11-12H,5-6,8H2,1-3H3,(H,17,21)/t11-/m1/s1. The summed E-state index contributed by atoms with van der Waals surface area (Å²) in [5.41, 5.74) is 0. The quantitative estimate of drug-likeness (QED) is 0.918. The Balaban J connectivity index is 1.66. The van der Waals surface area contributed by atoms with E-state index in [9.17, 15) is 4.79 Å². The summed E-state index contributed by atoms with van der Waals surface area (Å²) in [6, 6.07) is 3.86. The highest BCUT2D eigenvalue weighted by molar-refractivity contribution is 5.75. The van der Waals surface area contributed by atoms with Crippen molar-refractivity contribution in [1.82, 2.24) is 25.0 Å². The first-order valence-electron chi connectivity index (χ1n) is 7.51. The third kappa shape index (κ3) is 3.13. The normalized spacial score (nSPS) is 15.6. The molecule has 0 radical (unpaired) electrons. The summed E-state index contributed by atoms with van der Waals surface area (Å²) in [4.78, 5) is 14.4. The molecule has 22 heavy (non-hydrogen) atoms. The van der Waals surface area contributed by atoms with Crippen LogP contribution in [0.15, 0.2) is 22.9 Å². The Kier molecular flexibility index (Phi) is 3.87. The van der Waals surface area contributed by atoms with Crippen LogP contribution in [0.1, 0.15) is 43.2 Å². The fraction of sp³-hybridized carbons (Fsp3) is 0.533. The maximum atomic E-state index is 12.6. The first-order chi connectivity index (χ1) is 10.5. The molecule has 1 atom stereocenters. The lowest BCUT2D eigenvalue weighted by molar-refractivity contribution is 0.183. The Morgan fingerprint density at radius 1 is 1.55 bits per heavy atom. The molecule has 7 nitrogen and oxygen atoms in total. The van der Waals surface area contributed by atoms with Crippen molar-refractivity contribution >= 4 is 6.03 Å². The maximum absolute atomic E-state index is 12.6. The van der Waals surface area contributed by atoms with Gasteiger partial charge in [0.15, 0.2) is 5.82 Å². The number of hydrogen-bond acceptors (Lipinski definition) is 4. The molecule has 1 N–H and O–H groups in total. The van der Waals surface area contributed by atoms with Crippen molar-refractivity contribution < 1.29 is 9.21 Å². The van der Waals surface area contributed by atoms with E-state index in [0.717, 1.165) is 30.2 Å². The maximum Gasteiger partial charge on any atom is 0.318 e. The first-order valence-corrected chi connectivity index (χ1v) is 7.51. The number of nitrogens with one attached hydrogen (secondary N) is 1. The van der Waals surface area contributed by atoms with Gasteiger partial charge in [0.1, 0.15) is 17.8 Å². The SMILES string of the molecule is Cc1ccc(CN(C(=O)N[C@H](C)c2nncn2C)C2CC2)o1. The summed E-state index contributed by atoms with van der Waals surface area (Å²) in [7, 11) is 1.86. The number of carbonyl (C=O) groups excluding carboxylic acids is 1. The molecule has 0 unspecified atom stereocenters. The van der Waals surface area contributed by atoms with E-state index in [1.165, 1.54) is 0 Å². The van der Waals surface area contributed by atoms with Crippen molar-refractivity contribution in [2.75, 3.05) is 0 Å². The van der Waals surface area contributed by atoms with Crippen LogP contribution in [0.4, 0.5) is 4.79 Å². The van der Waals surface area contributed by atoms with E-state index in [1.807, 2.05) is 42.5 Å². The van der Waals surface area contributed by atoms with Crippen LogP contribution in [0.3, 0.4) is 0 Å². The fourth-order valence-corrected chi connectivity index (χ4v) is 2.51. The lowest BCUT2D eigenvalue weighted by Crippen LogP contribution is -2.42. The second-order valence-electron chi connectivity index (χ2n) is 5.84.